The van der Waals surface area contributed by atoms with Crippen LogP contribution in [0.4, 0.5) is 13.2 Å². The van der Waals surface area contributed by atoms with Gasteiger partial charge in [-0.05, 0) is 25.8 Å². The molecule has 0 radical (unpaired) electrons. The Morgan fingerprint density at radius 3 is 2.50 bits per heavy atom. The van der Waals surface area contributed by atoms with Crippen molar-refractivity contribution in [2.45, 2.75) is 32.2 Å². The molecule has 1 aromatic rings. The summed E-state index contributed by atoms with van der Waals surface area (Å²) in [5.41, 5.74) is -1.34. The number of alkyl halides is 1. The van der Waals surface area contributed by atoms with Crippen molar-refractivity contribution in [3.63, 3.8) is 0 Å². The van der Waals surface area contributed by atoms with Crippen molar-refractivity contribution in [1.82, 2.24) is 5.32 Å². The molecular weight excluding hydrogens is 339 g/mol. The van der Waals surface area contributed by atoms with Gasteiger partial charge >= 0.3 is 0 Å². The summed E-state index contributed by atoms with van der Waals surface area (Å²) in [7, 11) is 0. The molecule has 7 heteroatoms. The fourth-order valence-corrected chi connectivity index (χ4v) is 2.51. The highest BCUT2D eigenvalue weighted by Gasteiger charge is 2.28. The van der Waals surface area contributed by atoms with Gasteiger partial charge in [0.05, 0.1) is 5.56 Å². The lowest BCUT2D eigenvalue weighted by Gasteiger charge is -2.29. The van der Waals surface area contributed by atoms with E-state index in [0.717, 1.165) is 0 Å². The van der Waals surface area contributed by atoms with Crippen LogP contribution in [-0.4, -0.2) is 21.9 Å². The van der Waals surface area contributed by atoms with Crippen LogP contribution in [0.15, 0.2) is 6.07 Å². The monoisotopic (exact) mass is 353 g/mol. The summed E-state index contributed by atoms with van der Waals surface area (Å²) in [5, 5.41) is 12.3. The van der Waals surface area contributed by atoms with E-state index in [2.05, 4.69) is 21.2 Å². The number of phenols is 1. The van der Waals surface area contributed by atoms with Crippen LogP contribution in [0.3, 0.4) is 0 Å². The Morgan fingerprint density at radius 2 is 2.00 bits per heavy atom. The number of hydrogen-bond acceptors (Lipinski definition) is 2. The zero-order chi connectivity index (χ0) is 15.5. The smallest absolute Gasteiger partial charge is 0.254 e. The van der Waals surface area contributed by atoms with Crippen molar-refractivity contribution in [2.24, 2.45) is 0 Å². The van der Waals surface area contributed by atoms with Gasteiger partial charge in [0.15, 0.2) is 17.4 Å². The number of halogens is 4. The zero-order valence-corrected chi connectivity index (χ0v) is 12.7. The SMILES string of the molecule is CCC(C)(CCBr)NC(=O)c1cc(F)c(F)c(O)c1F. The van der Waals surface area contributed by atoms with Crippen molar-refractivity contribution >= 4 is 21.8 Å². The van der Waals surface area contributed by atoms with Crippen LogP contribution in [0, 0.1) is 17.5 Å². The maximum Gasteiger partial charge on any atom is 0.254 e. The number of nitrogens with one attached hydrogen (secondary N) is 1. The molecule has 0 fully saturated rings. The Bertz CT molecular complexity index is 525. The highest BCUT2D eigenvalue weighted by molar-refractivity contribution is 9.09. The molecule has 0 aliphatic heterocycles. The molecule has 0 spiro atoms. The van der Waals surface area contributed by atoms with E-state index in [1.807, 2.05) is 6.92 Å². The van der Waals surface area contributed by atoms with E-state index in [1.165, 1.54) is 0 Å². The molecule has 0 aliphatic rings. The number of hydrogen-bond donors (Lipinski definition) is 2. The van der Waals surface area contributed by atoms with Crippen molar-refractivity contribution < 1.29 is 23.1 Å². The number of carbonyl (C=O) groups excluding carboxylic acids is 1. The van der Waals surface area contributed by atoms with E-state index < -0.39 is 40.2 Å². The molecule has 0 aromatic heterocycles. The fourth-order valence-electron chi connectivity index (χ4n) is 1.63. The quantitative estimate of drug-likeness (QED) is 0.628. The van der Waals surface area contributed by atoms with Gasteiger partial charge in [-0.15, -0.1) is 0 Å². The predicted molar refractivity (Wildman–Crippen MR) is 72.6 cm³/mol. The summed E-state index contributed by atoms with van der Waals surface area (Å²) in [6, 6.07) is 0.434. The van der Waals surface area contributed by atoms with Crippen LogP contribution < -0.4 is 5.32 Å². The third-order valence-corrected chi connectivity index (χ3v) is 3.62. The van der Waals surface area contributed by atoms with Crippen LogP contribution in [0.1, 0.15) is 37.0 Å². The second-order valence-electron chi connectivity index (χ2n) is 4.69. The van der Waals surface area contributed by atoms with E-state index in [4.69, 9.17) is 5.11 Å². The number of amides is 1. The summed E-state index contributed by atoms with van der Waals surface area (Å²) in [4.78, 5) is 12.0. The molecule has 3 nitrogen and oxygen atoms in total. The fraction of sp³-hybridized carbons (Fsp3) is 0.462. The number of benzene rings is 1. The first-order chi connectivity index (χ1) is 9.25. The molecule has 1 unspecified atom stereocenters. The first-order valence-corrected chi connectivity index (χ1v) is 7.12. The van der Waals surface area contributed by atoms with Crippen LogP contribution in [0.2, 0.25) is 0 Å². The number of phenolic OH excluding ortho intramolecular Hbond substituents is 1. The lowest BCUT2D eigenvalue weighted by Crippen LogP contribution is -2.46. The second kappa shape index (κ2) is 6.47. The first-order valence-electron chi connectivity index (χ1n) is 6.00. The molecule has 0 aliphatic carbocycles. The third kappa shape index (κ3) is 3.45. The van der Waals surface area contributed by atoms with Gasteiger partial charge in [-0.3, -0.25) is 4.79 Å². The lowest BCUT2D eigenvalue weighted by molar-refractivity contribution is 0.0896. The van der Waals surface area contributed by atoms with E-state index >= 15 is 0 Å². The van der Waals surface area contributed by atoms with E-state index in [1.54, 1.807) is 6.92 Å². The summed E-state index contributed by atoms with van der Waals surface area (Å²) in [5.74, 6) is -7.06. The van der Waals surface area contributed by atoms with E-state index in [0.29, 0.717) is 24.2 Å². The minimum absolute atomic E-state index is 0.434. The average Bonchev–Trinajstić information content (AvgIpc) is 2.40. The molecule has 112 valence electrons. The van der Waals surface area contributed by atoms with Crippen LogP contribution in [0.25, 0.3) is 0 Å². The second-order valence-corrected chi connectivity index (χ2v) is 5.48. The van der Waals surface area contributed by atoms with Crippen molar-refractivity contribution in [3.05, 3.63) is 29.1 Å². The van der Waals surface area contributed by atoms with Gasteiger partial charge in [0.1, 0.15) is 0 Å². The Balaban J connectivity index is 3.10. The number of rotatable bonds is 5. The highest BCUT2D eigenvalue weighted by atomic mass is 79.9. The Morgan fingerprint density at radius 1 is 1.40 bits per heavy atom. The largest absolute Gasteiger partial charge is 0.503 e. The summed E-state index contributed by atoms with van der Waals surface area (Å²) >= 11 is 3.24. The molecule has 1 amide bonds. The first kappa shape index (κ1) is 16.8. The lowest BCUT2D eigenvalue weighted by atomic mass is 9.95. The molecule has 20 heavy (non-hydrogen) atoms. The number of carbonyl (C=O) groups is 1. The average molecular weight is 354 g/mol. The minimum Gasteiger partial charge on any atom is -0.503 e. The van der Waals surface area contributed by atoms with Crippen LogP contribution >= 0.6 is 15.9 Å². The molecular formula is C13H15BrF3NO2. The highest BCUT2D eigenvalue weighted by Crippen LogP contribution is 2.26. The zero-order valence-electron chi connectivity index (χ0n) is 11.1. The Labute approximate surface area is 123 Å². The standard InChI is InChI=1S/C13H15BrF3NO2/c1-3-13(2,4-5-14)18-12(20)7-6-8(15)10(17)11(19)9(7)16/h6,19H,3-5H2,1-2H3,(H,18,20). The predicted octanol–water partition coefficient (Wildman–Crippen LogP) is 3.49. The minimum atomic E-state index is -1.71. The molecule has 2 N–H and O–H groups in total. The van der Waals surface area contributed by atoms with Gasteiger partial charge in [-0.1, -0.05) is 22.9 Å². The molecule has 0 heterocycles. The van der Waals surface area contributed by atoms with Crippen LogP contribution in [0.5, 0.6) is 5.75 Å². The molecule has 0 saturated heterocycles. The maximum atomic E-state index is 13.6. The van der Waals surface area contributed by atoms with Crippen molar-refractivity contribution in [2.75, 3.05) is 5.33 Å². The van der Waals surface area contributed by atoms with Crippen LogP contribution in [-0.2, 0) is 0 Å². The van der Waals surface area contributed by atoms with E-state index in [-0.39, 0.29) is 0 Å². The Kier molecular flexibility index (Phi) is 5.44. The molecule has 0 bridgehead atoms. The maximum absolute atomic E-state index is 13.6. The van der Waals surface area contributed by atoms with Gasteiger partial charge in [-0.2, -0.15) is 4.39 Å². The normalized spacial score (nSPS) is 13.9. The summed E-state index contributed by atoms with van der Waals surface area (Å²) in [6.07, 6.45) is 1.15. The van der Waals surface area contributed by atoms with Crippen molar-refractivity contribution in [1.29, 1.82) is 0 Å². The molecule has 1 aromatic carbocycles. The van der Waals surface area contributed by atoms with Gasteiger partial charge in [0, 0.05) is 10.9 Å². The molecule has 1 atom stereocenters. The number of aromatic hydroxyl groups is 1. The summed E-state index contributed by atoms with van der Waals surface area (Å²) < 4.78 is 39.7. The van der Waals surface area contributed by atoms with Gasteiger partial charge in [-0.25, -0.2) is 8.78 Å². The van der Waals surface area contributed by atoms with Gasteiger partial charge < -0.3 is 10.4 Å². The Hall–Kier alpha value is -1.24. The van der Waals surface area contributed by atoms with E-state index in [9.17, 15) is 18.0 Å². The van der Waals surface area contributed by atoms with Gasteiger partial charge in [0.25, 0.3) is 5.91 Å². The topological polar surface area (TPSA) is 49.3 Å². The summed E-state index contributed by atoms with van der Waals surface area (Å²) in [6.45, 7) is 3.59. The van der Waals surface area contributed by atoms with Gasteiger partial charge in [0.2, 0.25) is 5.82 Å². The third-order valence-electron chi connectivity index (χ3n) is 3.22. The molecule has 1 rings (SSSR count). The molecule has 0 saturated carbocycles. The van der Waals surface area contributed by atoms with Crippen molar-refractivity contribution in [3.8, 4) is 5.75 Å².